The van der Waals surface area contributed by atoms with Gasteiger partial charge in [0.2, 0.25) is 5.91 Å². The van der Waals surface area contributed by atoms with Gasteiger partial charge in [0.25, 0.3) is 0 Å². The Bertz CT molecular complexity index is 891. The number of carbonyl (C=O) groups excluding carboxylic acids is 1. The molecule has 0 aliphatic carbocycles. The van der Waals surface area contributed by atoms with E-state index in [1.54, 1.807) is 12.1 Å². The maximum absolute atomic E-state index is 13.6. The summed E-state index contributed by atoms with van der Waals surface area (Å²) in [6.07, 6.45) is 3.98. The number of thioether (sulfide) groups is 1. The third kappa shape index (κ3) is 3.94. The molecule has 3 rings (SSSR count). The molecule has 0 bridgehead atoms. The number of hydrogen-bond acceptors (Lipinski definition) is 3. The van der Waals surface area contributed by atoms with Crippen LogP contribution >= 0.6 is 11.8 Å². The Morgan fingerprint density at radius 2 is 2.00 bits per heavy atom. The van der Waals surface area contributed by atoms with Crippen LogP contribution in [0.25, 0.3) is 5.65 Å². The summed E-state index contributed by atoms with van der Waals surface area (Å²) in [6, 6.07) is 8.64. The molecular weight excluding hydrogens is 325 g/mol. The molecule has 0 atom stereocenters. The highest BCUT2D eigenvalue weighted by molar-refractivity contribution is 7.99. The highest BCUT2D eigenvalue weighted by Crippen LogP contribution is 2.17. The number of amides is 1. The van der Waals surface area contributed by atoms with Crippen molar-refractivity contribution in [2.75, 3.05) is 11.1 Å². The van der Waals surface area contributed by atoms with Crippen LogP contribution in [0.4, 0.5) is 10.1 Å². The number of nitrogens with one attached hydrogen (secondary N) is 1. The van der Waals surface area contributed by atoms with Gasteiger partial charge < -0.3 is 9.72 Å². The first-order valence-electron chi connectivity index (χ1n) is 7.59. The summed E-state index contributed by atoms with van der Waals surface area (Å²) < 4.78 is 15.6. The molecule has 0 fully saturated rings. The molecule has 1 amide bonds. The molecule has 24 heavy (non-hydrogen) atoms. The van der Waals surface area contributed by atoms with Gasteiger partial charge in [-0.3, -0.25) is 4.79 Å². The van der Waals surface area contributed by atoms with Crippen molar-refractivity contribution in [3.8, 4) is 0 Å². The lowest BCUT2D eigenvalue weighted by atomic mass is 10.2. The molecule has 0 saturated carbocycles. The van der Waals surface area contributed by atoms with E-state index in [-0.39, 0.29) is 17.3 Å². The summed E-state index contributed by atoms with van der Waals surface area (Å²) in [4.78, 5) is 16.5. The Labute approximate surface area is 144 Å². The number of fused-ring (bicyclic) bond motifs is 1. The first kappa shape index (κ1) is 16.5. The number of halogens is 1. The largest absolute Gasteiger partial charge is 0.323 e. The third-order valence-electron chi connectivity index (χ3n) is 3.53. The number of pyridine rings is 1. The van der Waals surface area contributed by atoms with Gasteiger partial charge in [-0.2, -0.15) is 0 Å². The third-order valence-corrected chi connectivity index (χ3v) is 4.49. The SMILES string of the molecule is Cc1ccc(F)c(NC(=O)CSCc2cn3cc(C)ccc3n2)c1. The Kier molecular flexibility index (Phi) is 4.85. The number of anilines is 1. The van der Waals surface area contributed by atoms with Crippen molar-refractivity contribution in [3.63, 3.8) is 0 Å². The van der Waals surface area contributed by atoms with Gasteiger partial charge in [-0.25, -0.2) is 9.37 Å². The second-order valence-electron chi connectivity index (χ2n) is 5.73. The first-order chi connectivity index (χ1) is 11.5. The van der Waals surface area contributed by atoms with Gasteiger partial charge in [-0.1, -0.05) is 12.1 Å². The zero-order valence-electron chi connectivity index (χ0n) is 13.5. The predicted octanol–water partition coefficient (Wildman–Crippen LogP) is 3.96. The number of imidazole rings is 1. The van der Waals surface area contributed by atoms with Crippen LogP contribution in [0.2, 0.25) is 0 Å². The number of aryl methyl sites for hydroxylation is 2. The minimum absolute atomic E-state index is 0.218. The van der Waals surface area contributed by atoms with Gasteiger partial charge in [-0.05, 0) is 43.2 Å². The van der Waals surface area contributed by atoms with Gasteiger partial charge >= 0.3 is 0 Å². The summed E-state index contributed by atoms with van der Waals surface area (Å²) in [7, 11) is 0. The highest BCUT2D eigenvalue weighted by atomic mass is 32.2. The summed E-state index contributed by atoms with van der Waals surface area (Å²) in [6.45, 7) is 3.89. The van der Waals surface area contributed by atoms with Crippen LogP contribution < -0.4 is 5.32 Å². The normalized spacial score (nSPS) is 11.0. The van der Waals surface area contributed by atoms with Crippen LogP contribution in [-0.2, 0) is 10.5 Å². The molecule has 1 N–H and O–H groups in total. The van der Waals surface area contributed by atoms with Crippen molar-refractivity contribution in [2.24, 2.45) is 0 Å². The van der Waals surface area contributed by atoms with Gasteiger partial charge in [0.15, 0.2) is 0 Å². The number of benzene rings is 1. The molecule has 3 aromatic rings. The van der Waals surface area contributed by atoms with E-state index in [4.69, 9.17) is 0 Å². The fourth-order valence-electron chi connectivity index (χ4n) is 2.39. The lowest BCUT2D eigenvalue weighted by Gasteiger charge is -2.06. The lowest BCUT2D eigenvalue weighted by molar-refractivity contribution is -0.113. The second kappa shape index (κ2) is 7.05. The monoisotopic (exact) mass is 343 g/mol. The summed E-state index contributed by atoms with van der Waals surface area (Å²) in [5, 5.41) is 2.61. The summed E-state index contributed by atoms with van der Waals surface area (Å²) in [5.41, 5.74) is 4.10. The molecule has 0 spiro atoms. The number of nitrogens with zero attached hydrogens (tertiary/aromatic N) is 2. The van der Waals surface area contributed by atoms with Gasteiger partial charge in [-0.15, -0.1) is 11.8 Å². The van der Waals surface area contributed by atoms with E-state index in [2.05, 4.69) is 10.3 Å². The van der Waals surface area contributed by atoms with E-state index in [0.29, 0.717) is 5.75 Å². The van der Waals surface area contributed by atoms with E-state index >= 15 is 0 Å². The van der Waals surface area contributed by atoms with Crippen molar-refractivity contribution in [1.82, 2.24) is 9.38 Å². The van der Waals surface area contributed by atoms with Crippen molar-refractivity contribution < 1.29 is 9.18 Å². The van der Waals surface area contributed by atoms with E-state index in [0.717, 1.165) is 16.9 Å². The van der Waals surface area contributed by atoms with Crippen LogP contribution in [0.1, 0.15) is 16.8 Å². The molecule has 1 aromatic carbocycles. The summed E-state index contributed by atoms with van der Waals surface area (Å²) in [5.74, 6) is 0.240. The molecule has 0 aliphatic heterocycles. The molecule has 2 aromatic heterocycles. The number of aromatic nitrogens is 2. The highest BCUT2D eigenvalue weighted by Gasteiger charge is 2.08. The van der Waals surface area contributed by atoms with Crippen LogP contribution in [0, 0.1) is 19.7 Å². The Morgan fingerprint density at radius 3 is 2.83 bits per heavy atom. The molecule has 2 heterocycles. The van der Waals surface area contributed by atoms with Crippen molar-refractivity contribution in [3.05, 3.63) is 65.4 Å². The van der Waals surface area contributed by atoms with E-state index in [9.17, 15) is 9.18 Å². The quantitative estimate of drug-likeness (QED) is 0.763. The van der Waals surface area contributed by atoms with Crippen molar-refractivity contribution in [1.29, 1.82) is 0 Å². The Balaban J connectivity index is 1.55. The molecule has 0 radical (unpaired) electrons. The van der Waals surface area contributed by atoms with Crippen LogP contribution in [0.15, 0.2) is 42.7 Å². The number of hydrogen-bond donors (Lipinski definition) is 1. The standard InChI is InChI=1S/C18H18FN3OS/c1-12-3-5-15(19)16(7-12)21-18(23)11-24-10-14-9-22-8-13(2)4-6-17(22)20-14/h3-9H,10-11H2,1-2H3,(H,21,23). The average molecular weight is 343 g/mol. The molecular formula is C18H18FN3OS. The molecule has 4 nitrogen and oxygen atoms in total. The smallest absolute Gasteiger partial charge is 0.234 e. The number of carbonyl (C=O) groups is 1. The van der Waals surface area contributed by atoms with E-state index < -0.39 is 5.82 Å². The minimum atomic E-state index is -0.422. The topological polar surface area (TPSA) is 46.4 Å². The van der Waals surface area contributed by atoms with Crippen molar-refractivity contribution in [2.45, 2.75) is 19.6 Å². The maximum atomic E-state index is 13.6. The average Bonchev–Trinajstić information content (AvgIpc) is 2.92. The fourth-order valence-corrected chi connectivity index (χ4v) is 3.10. The minimum Gasteiger partial charge on any atom is -0.323 e. The zero-order valence-corrected chi connectivity index (χ0v) is 14.4. The van der Waals surface area contributed by atoms with Gasteiger partial charge in [0.1, 0.15) is 11.5 Å². The first-order valence-corrected chi connectivity index (χ1v) is 8.75. The lowest BCUT2D eigenvalue weighted by Crippen LogP contribution is -2.15. The Hall–Kier alpha value is -2.34. The number of rotatable bonds is 5. The maximum Gasteiger partial charge on any atom is 0.234 e. The molecule has 6 heteroatoms. The summed E-state index contributed by atoms with van der Waals surface area (Å²) >= 11 is 1.45. The zero-order chi connectivity index (χ0) is 17.1. The fraction of sp³-hybridized carbons (Fsp3) is 0.222. The van der Waals surface area contributed by atoms with E-state index in [1.165, 1.54) is 23.4 Å². The van der Waals surface area contributed by atoms with Crippen LogP contribution in [0.3, 0.4) is 0 Å². The predicted molar refractivity (Wildman–Crippen MR) is 95.9 cm³/mol. The second-order valence-corrected chi connectivity index (χ2v) is 6.71. The van der Waals surface area contributed by atoms with E-state index in [1.807, 2.05) is 42.8 Å². The molecule has 0 unspecified atom stereocenters. The molecule has 0 saturated heterocycles. The Morgan fingerprint density at radius 1 is 1.21 bits per heavy atom. The van der Waals surface area contributed by atoms with Crippen LogP contribution in [0.5, 0.6) is 0 Å². The van der Waals surface area contributed by atoms with Gasteiger partial charge in [0, 0.05) is 18.1 Å². The van der Waals surface area contributed by atoms with Crippen LogP contribution in [-0.4, -0.2) is 21.0 Å². The molecule has 0 aliphatic rings. The van der Waals surface area contributed by atoms with Crippen molar-refractivity contribution >= 4 is 29.0 Å². The van der Waals surface area contributed by atoms with Gasteiger partial charge in [0.05, 0.1) is 17.1 Å². The molecule has 124 valence electrons.